The van der Waals surface area contributed by atoms with Gasteiger partial charge in [-0.05, 0) is 48.7 Å². The van der Waals surface area contributed by atoms with Gasteiger partial charge in [-0.25, -0.2) is 62.9 Å². The Morgan fingerprint density at radius 1 is 0.533 bits per heavy atom. The molecule has 3 saturated heterocycles. The first-order valence-corrected chi connectivity index (χ1v) is 35.6. The predicted molar refractivity (Wildman–Crippen MR) is 385 cm³/mol. The molecule has 0 unspecified atom stereocenters. The second-order valence-electron chi connectivity index (χ2n) is 24.7. The number of hydrogen-bond donors (Lipinski definition) is 6. The van der Waals surface area contributed by atoms with Crippen LogP contribution < -0.4 is 30.7 Å². The van der Waals surface area contributed by atoms with Crippen LogP contribution >= 0.6 is 34.8 Å². The van der Waals surface area contributed by atoms with Crippen LogP contribution in [-0.2, 0) is 33.9 Å². The lowest BCUT2D eigenvalue weighted by Crippen LogP contribution is -2.61. The average molecular weight is 1590 g/mol. The first-order chi connectivity index (χ1) is 50.6. The number of aromatic amines is 3. The number of fused-ring (bicyclic) bond motifs is 3. The Morgan fingerprint density at radius 3 is 1.20 bits per heavy atom. The van der Waals surface area contributed by atoms with Crippen LogP contribution in [0.5, 0.6) is 0 Å². The molecule has 3 atom stereocenters. The molecule has 0 radical (unpaired) electrons. The molecule has 582 valence electrons. The third-order valence-electron chi connectivity index (χ3n) is 16.4. The maximum absolute atomic E-state index is 12.9. The summed E-state index contributed by atoms with van der Waals surface area (Å²) in [6.45, 7) is 1.52. The lowest BCUT2D eigenvalue weighted by atomic mass is 10.1. The number of carbonyl (C=O) groups excluding carboxylic acids is 5. The number of ether oxygens (including phenoxy) is 2. The van der Waals surface area contributed by atoms with Crippen LogP contribution in [0.25, 0.3) is 67.3 Å². The van der Waals surface area contributed by atoms with E-state index < -0.39 is 96.2 Å². The maximum Gasteiger partial charge on any atom is 0.409 e. The quantitative estimate of drug-likeness (QED) is 0.0461. The van der Waals surface area contributed by atoms with Gasteiger partial charge in [-0.3, -0.25) is 14.4 Å². The lowest BCUT2D eigenvalue weighted by Gasteiger charge is -2.40. The number of sulfonamides is 1. The number of amides is 5. The normalized spacial score (nSPS) is 16.8. The van der Waals surface area contributed by atoms with Crippen molar-refractivity contribution in [3.8, 4) is 34.2 Å². The van der Waals surface area contributed by atoms with Gasteiger partial charge in [-0.15, -0.1) is 0 Å². The molecule has 0 aromatic carbocycles. The van der Waals surface area contributed by atoms with Gasteiger partial charge in [-0.1, -0.05) is 55.6 Å². The third-order valence-corrected chi connectivity index (χ3v) is 18.3. The van der Waals surface area contributed by atoms with Gasteiger partial charge >= 0.3 is 30.7 Å². The summed E-state index contributed by atoms with van der Waals surface area (Å²) in [4.78, 5) is 119. The van der Waals surface area contributed by atoms with Gasteiger partial charge in [-0.2, -0.15) is 43.8 Å². The van der Waals surface area contributed by atoms with Crippen molar-refractivity contribution >= 4 is 125 Å². The van der Waals surface area contributed by atoms with E-state index in [0.29, 0.717) is 94.6 Å². The molecule has 0 aliphatic carbocycles. The Hall–Kier alpha value is -10.2. The minimum atomic E-state index is -4.61. The molecule has 30 nitrogen and oxygen atoms in total. The fraction of sp³-hybridized carbons (Fsp3) is 0.406. The van der Waals surface area contributed by atoms with E-state index >= 15 is 0 Å². The van der Waals surface area contributed by atoms with Crippen molar-refractivity contribution in [2.75, 3.05) is 113 Å². The van der Waals surface area contributed by atoms with Gasteiger partial charge < -0.3 is 64.9 Å². The zero-order chi connectivity index (χ0) is 77.3. The number of rotatable bonds is 17. The van der Waals surface area contributed by atoms with E-state index in [9.17, 15) is 71.9 Å². The molecular formula is C64H77Cl3F9N21O9S. The Balaban J connectivity index is 0.000000294. The Kier molecular flexibility index (Phi) is 25.0. The van der Waals surface area contributed by atoms with Crippen molar-refractivity contribution in [1.82, 2.24) is 89.9 Å². The molecule has 43 heteroatoms. The molecule has 6 N–H and O–H groups in total. The molecule has 0 saturated carbocycles. The fourth-order valence-corrected chi connectivity index (χ4v) is 12.7. The number of halogens is 12. The number of aromatic nitrogens is 12. The summed E-state index contributed by atoms with van der Waals surface area (Å²) < 4.78 is 150. The summed E-state index contributed by atoms with van der Waals surface area (Å²) in [5.74, 6) is -0.857. The van der Waals surface area contributed by atoms with E-state index in [2.05, 4.69) is 59.8 Å². The summed E-state index contributed by atoms with van der Waals surface area (Å²) in [5, 5.41) is 8.94. The van der Waals surface area contributed by atoms with Crippen LogP contribution in [0.1, 0.15) is 34.3 Å². The highest BCUT2D eigenvalue weighted by atomic mass is 35.5. The molecule has 9 aromatic heterocycles. The van der Waals surface area contributed by atoms with Crippen molar-refractivity contribution in [1.29, 1.82) is 0 Å². The van der Waals surface area contributed by atoms with Crippen LogP contribution in [-0.4, -0.2) is 247 Å². The lowest BCUT2D eigenvalue weighted by molar-refractivity contribution is -0.139. The Morgan fingerprint density at radius 2 is 0.869 bits per heavy atom. The number of pyridine rings is 3. The maximum atomic E-state index is 12.9. The number of nitrogens with zero attached hydrogens (tertiary/aromatic N) is 15. The Bertz CT molecular complexity index is 4840. The number of hydrogen-bond acceptors (Lipinski definition) is 21. The molecular weight excluding hydrogens is 1520 g/mol. The van der Waals surface area contributed by atoms with Crippen LogP contribution in [0.15, 0.2) is 92.2 Å². The summed E-state index contributed by atoms with van der Waals surface area (Å²) in [6.07, 6.45) is 0.425. The van der Waals surface area contributed by atoms with Gasteiger partial charge in [0.1, 0.15) is 72.2 Å². The number of anilines is 3. The monoisotopic (exact) mass is 1590 g/mol. The van der Waals surface area contributed by atoms with Crippen molar-refractivity contribution in [2.24, 2.45) is 5.92 Å². The summed E-state index contributed by atoms with van der Waals surface area (Å²) in [7, 11) is -3.67. The van der Waals surface area contributed by atoms with Crippen LogP contribution in [0.2, 0.25) is 15.1 Å². The van der Waals surface area contributed by atoms with E-state index in [0.717, 1.165) is 10.6 Å². The smallest absolute Gasteiger partial charge is 0.409 e. The Labute approximate surface area is 625 Å². The van der Waals surface area contributed by atoms with Crippen LogP contribution in [0.4, 0.5) is 66.6 Å². The molecule has 0 spiro atoms. The first-order valence-electron chi connectivity index (χ1n) is 32.6. The van der Waals surface area contributed by atoms with Gasteiger partial charge in [0.15, 0.2) is 17.5 Å². The summed E-state index contributed by atoms with van der Waals surface area (Å²) >= 11 is 18.2. The zero-order valence-corrected chi connectivity index (χ0v) is 60.0. The number of piperazine rings is 3. The van der Waals surface area contributed by atoms with Gasteiger partial charge in [0, 0.05) is 142 Å². The highest BCUT2D eigenvalue weighted by Gasteiger charge is 2.42. The topological polar surface area (TPSA) is 357 Å². The second kappa shape index (κ2) is 33.7. The molecule has 12 heterocycles. The van der Waals surface area contributed by atoms with Crippen molar-refractivity contribution in [2.45, 2.75) is 63.8 Å². The molecule has 12 rings (SSSR count). The van der Waals surface area contributed by atoms with Gasteiger partial charge in [0.25, 0.3) is 0 Å². The van der Waals surface area contributed by atoms with Crippen molar-refractivity contribution in [3.63, 3.8) is 0 Å². The molecule has 3 fully saturated rings. The zero-order valence-electron chi connectivity index (χ0n) is 56.9. The minimum Gasteiger partial charge on any atom is -0.449 e. The predicted octanol–water partition coefficient (Wildman–Crippen LogP) is 10.1. The summed E-state index contributed by atoms with van der Waals surface area (Å²) in [5.41, 5.74) is 3.51. The standard InChI is InChI=1S/C23H25ClF3N7O3.C22H23ClF3N7O3.C19H19ClF3N7O3S.5H2/c1-13(2)11-37-22(36)33-5-6-34(17(10-33)21(35)31-12-23(25,26)27)18-3-4-28-20(32-18)16-9-30-19-15(16)7-14(24)8-29-19;1-2-7-36-21(35)32-5-6-33(16(11-32)20(34)30-12-22(24,25)26)17-3-4-27-19(31-17)15-10-29-18-14(15)8-13(23)9-28-18;1-34(32,33)29-4-5-30(14(9-29)18(31)27-10-19(21,22)23)15-2-3-24-17(28-15)13-8-26-16-12(13)6-11(20)7-25-16;;;;;/h3-4,7-9,13,17H,5-6,10-12H2,1-2H3,(H,29,30)(H,31,35);3-4,8-10,16H,2,5-7,11-12H2,1H3,(H,28,29)(H,30,34);2-3,6-8,14H,4-5,9-10H2,1H3,(H,25,26)(H,27,31);5*1H/t17-;16-;14-;;;;;/m001...../s1. The number of alkyl halides is 9. The van der Waals surface area contributed by atoms with E-state index in [-0.39, 0.29) is 96.8 Å². The summed E-state index contributed by atoms with van der Waals surface area (Å²) in [6, 6.07) is 6.22. The highest BCUT2D eigenvalue weighted by Crippen LogP contribution is 2.34. The highest BCUT2D eigenvalue weighted by molar-refractivity contribution is 7.88. The van der Waals surface area contributed by atoms with E-state index in [1.807, 2.05) is 36.7 Å². The molecule has 0 bridgehead atoms. The SMILES string of the molecule is CC(C)COC(=O)N1CCN(c2ccnc(-c3c[nH]c4ncc(Cl)cc34)n2)[C@H](C(=O)NCC(F)(F)F)C1.CCCOC(=O)N1CCN(c2ccnc(-c3c[nH]c4ncc(Cl)cc34)n2)[C@H](C(=O)NCC(F)(F)F)C1.CS(=O)(=O)N1CCN(c2ccnc(-c3c[nH]c4ncc(Cl)cc34)n2)[C@@H](C(=O)NCC(F)(F)F)C1.[HH].[HH].[HH].[HH].[HH]. The largest absolute Gasteiger partial charge is 0.449 e. The van der Waals surface area contributed by atoms with E-state index in [1.54, 1.807) is 58.7 Å². The third kappa shape index (κ3) is 20.7. The first kappa shape index (κ1) is 79.4. The van der Waals surface area contributed by atoms with Gasteiger partial charge in [0.05, 0.1) is 47.6 Å². The van der Waals surface area contributed by atoms with Crippen LogP contribution in [0, 0.1) is 5.92 Å². The molecule has 5 amide bonds. The molecule has 3 aliphatic heterocycles. The number of nitrogens with one attached hydrogen (secondary N) is 6. The van der Waals surface area contributed by atoms with E-state index in [1.165, 1.54) is 57.9 Å². The van der Waals surface area contributed by atoms with Gasteiger partial charge in [0.2, 0.25) is 27.7 Å². The molecule has 107 heavy (non-hydrogen) atoms. The van der Waals surface area contributed by atoms with Crippen LogP contribution in [0.3, 0.4) is 0 Å². The minimum absolute atomic E-state index is 0. The average Bonchev–Trinajstić information content (AvgIpc) is 1.58. The number of H-pyrrole nitrogens is 3. The van der Waals surface area contributed by atoms with Crippen molar-refractivity contribution in [3.05, 3.63) is 107 Å². The molecule has 3 aliphatic rings. The fourth-order valence-electron chi connectivity index (χ4n) is 11.4. The second-order valence-corrected chi connectivity index (χ2v) is 28.0. The number of carbonyl (C=O) groups is 5. The van der Waals surface area contributed by atoms with Crippen molar-refractivity contribution < 1.29 is 88.5 Å². The van der Waals surface area contributed by atoms with E-state index in [4.69, 9.17) is 44.3 Å². The molecule has 9 aromatic rings.